The molecule has 1 unspecified atom stereocenters. The van der Waals surface area contributed by atoms with E-state index in [0.29, 0.717) is 10.4 Å². The van der Waals surface area contributed by atoms with Crippen molar-refractivity contribution in [2.45, 2.75) is 12.5 Å². The molecule has 0 spiro atoms. The van der Waals surface area contributed by atoms with Gasteiger partial charge in [0.05, 0.1) is 0 Å². The van der Waals surface area contributed by atoms with E-state index in [0.717, 1.165) is 12.0 Å². The zero-order valence-electron chi connectivity index (χ0n) is 10.1. The van der Waals surface area contributed by atoms with E-state index in [1.165, 1.54) is 6.07 Å². The summed E-state index contributed by atoms with van der Waals surface area (Å²) < 4.78 is 14.3. The Morgan fingerprint density at radius 1 is 1.32 bits per heavy atom. The molecule has 0 saturated carbocycles. The lowest BCUT2D eigenvalue weighted by Crippen LogP contribution is -2.25. The predicted octanol–water partition coefficient (Wildman–Crippen LogP) is 4.25. The van der Waals surface area contributed by atoms with Gasteiger partial charge in [0, 0.05) is 22.6 Å². The van der Waals surface area contributed by atoms with Gasteiger partial charge in [-0.05, 0) is 34.0 Å². The smallest absolute Gasteiger partial charge is 0.166 e. The predicted molar refractivity (Wildman–Crippen MR) is 80.2 cm³/mol. The first-order valence-electron chi connectivity index (χ1n) is 5.86. The third-order valence-electron chi connectivity index (χ3n) is 2.66. The molecular formula is C14H13BrClFN2. The lowest BCUT2D eigenvalue weighted by Gasteiger charge is -2.17. The van der Waals surface area contributed by atoms with Crippen LogP contribution in [0.15, 0.2) is 47.1 Å². The maximum absolute atomic E-state index is 13.7. The molecule has 1 heterocycles. The zero-order chi connectivity index (χ0) is 13.7. The van der Waals surface area contributed by atoms with Gasteiger partial charge in [-0.15, -0.1) is 11.6 Å². The topological polar surface area (TPSA) is 24.9 Å². The lowest BCUT2D eigenvalue weighted by molar-refractivity contribution is 0.618. The number of nitrogens with zero attached hydrogens (tertiary/aromatic N) is 1. The van der Waals surface area contributed by atoms with Crippen LogP contribution in [0, 0.1) is 5.82 Å². The molecule has 19 heavy (non-hydrogen) atoms. The molecular weight excluding hydrogens is 331 g/mol. The highest BCUT2D eigenvalue weighted by Crippen LogP contribution is 2.18. The number of hydrogen-bond acceptors (Lipinski definition) is 2. The third kappa shape index (κ3) is 4.18. The van der Waals surface area contributed by atoms with E-state index in [1.807, 2.05) is 30.3 Å². The van der Waals surface area contributed by atoms with Crippen LogP contribution in [0.4, 0.5) is 10.2 Å². The first-order valence-corrected chi connectivity index (χ1v) is 7.19. The molecule has 0 aliphatic rings. The molecule has 1 aromatic carbocycles. The lowest BCUT2D eigenvalue weighted by atomic mass is 10.1. The van der Waals surface area contributed by atoms with Gasteiger partial charge in [-0.25, -0.2) is 9.37 Å². The number of alkyl halides is 1. The highest BCUT2D eigenvalue weighted by atomic mass is 79.9. The molecule has 0 aliphatic carbocycles. The molecule has 1 atom stereocenters. The summed E-state index contributed by atoms with van der Waals surface area (Å²) >= 11 is 9.11. The molecule has 2 aromatic rings. The van der Waals surface area contributed by atoms with Crippen molar-refractivity contribution in [1.82, 2.24) is 4.98 Å². The number of hydrogen-bond donors (Lipinski definition) is 1. The van der Waals surface area contributed by atoms with Crippen molar-refractivity contribution in [3.05, 3.63) is 58.4 Å². The van der Waals surface area contributed by atoms with Gasteiger partial charge in [0.2, 0.25) is 0 Å². The molecule has 0 fully saturated rings. The Kier molecular flexibility index (Phi) is 5.16. The summed E-state index contributed by atoms with van der Waals surface area (Å²) in [7, 11) is 0. The number of halogens is 3. The molecule has 100 valence electrons. The summed E-state index contributed by atoms with van der Waals surface area (Å²) in [5, 5.41) is 3.03. The Morgan fingerprint density at radius 2 is 2.05 bits per heavy atom. The second kappa shape index (κ2) is 6.87. The molecule has 1 aromatic heterocycles. The van der Waals surface area contributed by atoms with Gasteiger partial charge in [-0.2, -0.15) is 0 Å². The highest BCUT2D eigenvalue weighted by Gasteiger charge is 2.12. The molecule has 0 amide bonds. The van der Waals surface area contributed by atoms with Gasteiger partial charge in [0.15, 0.2) is 11.6 Å². The molecule has 0 bridgehead atoms. The van der Waals surface area contributed by atoms with E-state index in [-0.39, 0.29) is 11.9 Å². The normalized spacial score (nSPS) is 12.2. The fourth-order valence-electron chi connectivity index (χ4n) is 1.76. The van der Waals surface area contributed by atoms with Crippen LogP contribution in [0.3, 0.4) is 0 Å². The van der Waals surface area contributed by atoms with Crippen LogP contribution in [0.1, 0.15) is 5.56 Å². The van der Waals surface area contributed by atoms with Crippen molar-refractivity contribution in [2.24, 2.45) is 0 Å². The van der Waals surface area contributed by atoms with Crippen LogP contribution >= 0.6 is 27.5 Å². The summed E-state index contributed by atoms with van der Waals surface area (Å²) in [6, 6.07) is 11.3. The largest absolute Gasteiger partial charge is 0.363 e. The quantitative estimate of drug-likeness (QED) is 0.821. The maximum Gasteiger partial charge on any atom is 0.166 e. The summed E-state index contributed by atoms with van der Waals surface area (Å²) in [6.45, 7) is 0. The summed E-state index contributed by atoms with van der Waals surface area (Å²) in [6.07, 6.45) is 2.28. The standard InChI is InChI=1S/C14H13BrClFN2/c15-11-7-13(17)14(18-9-11)19-12(8-16)6-10-4-2-1-3-5-10/h1-5,7,9,12H,6,8H2,(H,18,19). The monoisotopic (exact) mass is 342 g/mol. The van der Waals surface area contributed by atoms with Crippen LogP contribution in [-0.2, 0) is 6.42 Å². The number of rotatable bonds is 5. The SMILES string of the molecule is Fc1cc(Br)cnc1NC(CCl)Cc1ccccc1. The van der Waals surface area contributed by atoms with E-state index in [2.05, 4.69) is 26.2 Å². The van der Waals surface area contributed by atoms with Gasteiger partial charge < -0.3 is 5.32 Å². The molecule has 2 rings (SSSR count). The van der Waals surface area contributed by atoms with Crippen molar-refractivity contribution in [1.29, 1.82) is 0 Å². The van der Waals surface area contributed by atoms with Gasteiger partial charge >= 0.3 is 0 Å². The fraction of sp³-hybridized carbons (Fsp3) is 0.214. The summed E-state index contributed by atoms with van der Waals surface area (Å²) in [4.78, 5) is 4.02. The second-order valence-corrected chi connectivity index (χ2v) is 5.39. The van der Waals surface area contributed by atoms with Crippen molar-refractivity contribution in [2.75, 3.05) is 11.2 Å². The van der Waals surface area contributed by atoms with E-state index in [4.69, 9.17) is 11.6 Å². The minimum absolute atomic E-state index is 0.0627. The van der Waals surface area contributed by atoms with Crippen LogP contribution in [0.25, 0.3) is 0 Å². The van der Waals surface area contributed by atoms with E-state index >= 15 is 0 Å². The zero-order valence-corrected chi connectivity index (χ0v) is 12.5. The molecule has 1 N–H and O–H groups in total. The minimum Gasteiger partial charge on any atom is -0.363 e. The van der Waals surface area contributed by atoms with Crippen molar-refractivity contribution < 1.29 is 4.39 Å². The summed E-state index contributed by atoms with van der Waals surface area (Å²) in [5.41, 5.74) is 1.15. The summed E-state index contributed by atoms with van der Waals surface area (Å²) in [5.74, 6) is 0.217. The first-order chi connectivity index (χ1) is 9.19. The van der Waals surface area contributed by atoms with Crippen LogP contribution in [-0.4, -0.2) is 16.9 Å². The Morgan fingerprint density at radius 3 is 2.68 bits per heavy atom. The third-order valence-corrected chi connectivity index (χ3v) is 3.47. The van der Waals surface area contributed by atoms with Crippen molar-refractivity contribution >= 4 is 33.3 Å². The molecule has 0 aliphatic heterocycles. The van der Waals surface area contributed by atoms with Gasteiger partial charge in [0.1, 0.15) is 0 Å². The van der Waals surface area contributed by atoms with E-state index in [9.17, 15) is 4.39 Å². The number of benzene rings is 1. The minimum atomic E-state index is -0.391. The average molecular weight is 344 g/mol. The Bertz CT molecular complexity index is 536. The molecule has 0 saturated heterocycles. The van der Waals surface area contributed by atoms with Crippen molar-refractivity contribution in [3.8, 4) is 0 Å². The van der Waals surface area contributed by atoms with Gasteiger partial charge in [-0.1, -0.05) is 30.3 Å². The van der Waals surface area contributed by atoms with Gasteiger partial charge in [0.25, 0.3) is 0 Å². The van der Waals surface area contributed by atoms with Crippen LogP contribution in [0.5, 0.6) is 0 Å². The van der Waals surface area contributed by atoms with Gasteiger partial charge in [-0.3, -0.25) is 0 Å². The van der Waals surface area contributed by atoms with E-state index in [1.54, 1.807) is 6.20 Å². The Balaban J connectivity index is 2.06. The van der Waals surface area contributed by atoms with Crippen LogP contribution < -0.4 is 5.32 Å². The van der Waals surface area contributed by atoms with E-state index < -0.39 is 5.82 Å². The molecule has 2 nitrogen and oxygen atoms in total. The second-order valence-electron chi connectivity index (χ2n) is 4.17. The Labute approximate surface area is 125 Å². The van der Waals surface area contributed by atoms with Crippen molar-refractivity contribution in [3.63, 3.8) is 0 Å². The molecule has 5 heteroatoms. The fourth-order valence-corrected chi connectivity index (χ4v) is 2.25. The Hall–Kier alpha value is -1.13. The first kappa shape index (κ1) is 14.3. The average Bonchev–Trinajstić information content (AvgIpc) is 2.42. The number of nitrogens with one attached hydrogen (secondary N) is 1. The highest BCUT2D eigenvalue weighted by molar-refractivity contribution is 9.10. The maximum atomic E-state index is 13.7. The molecule has 0 radical (unpaired) electrons. The van der Waals surface area contributed by atoms with Crippen LogP contribution in [0.2, 0.25) is 0 Å². The number of anilines is 1. The number of aromatic nitrogens is 1. The number of pyridine rings is 1.